The highest BCUT2D eigenvalue weighted by molar-refractivity contribution is 7.89. The Kier molecular flexibility index (Phi) is 3.49. The Balaban J connectivity index is 2.39. The zero-order valence-corrected chi connectivity index (χ0v) is 11.5. The summed E-state index contributed by atoms with van der Waals surface area (Å²) in [5.41, 5.74) is 6.83. The van der Waals surface area contributed by atoms with Crippen LogP contribution in [0.5, 0.6) is 0 Å². The van der Waals surface area contributed by atoms with Crippen molar-refractivity contribution in [1.82, 2.24) is 4.72 Å². The van der Waals surface area contributed by atoms with E-state index in [0.29, 0.717) is 17.3 Å². The summed E-state index contributed by atoms with van der Waals surface area (Å²) < 4.78 is 26.3. The van der Waals surface area contributed by atoms with Gasteiger partial charge in [0.25, 0.3) is 0 Å². The Hall–Kier alpha value is -1.27. The molecule has 0 bridgehead atoms. The van der Waals surface area contributed by atoms with Crippen LogP contribution >= 0.6 is 0 Å². The molecule has 1 fully saturated rings. The van der Waals surface area contributed by atoms with Crippen LogP contribution in [0.4, 0.5) is 11.4 Å². The Labute approximate surface area is 108 Å². The molecule has 18 heavy (non-hydrogen) atoms. The molecule has 100 valence electrons. The highest BCUT2D eigenvalue weighted by Crippen LogP contribution is 2.33. The molecule has 1 aromatic rings. The lowest BCUT2D eigenvalue weighted by Crippen LogP contribution is -2.26. The molecular weight excluding hydrogens is 250 g/mol. The van der Waals surface area contributed by atoms with Crippen molar-refractivity contribution in [2.75, 3.05) is 31.3 Å². The summed E-state index contributed by atoms with van der Waals surface area (Å²) in [6.07, 6.45) is 2.46. The summed E-state index contributed by atoms with van der Waals surface area (Å²) in [5, 5.41) is 0. The van der Waals surface area contributed by atoms with Gasteiger partial charge < -0.3 is 10.6 Å². The number of nitrogens with zero attached hydrogens (tertiary/aromatic N) is 1. The molecule has 0 aliphatic heterocycles. The van der Waals surface area contributed by atoms with Gasteiger partial charge in [-0.05, 0) is 44.0 Å². The number of nitrogens with one attached hydrogen (secondary N) is 1. The minimum Gasteiger partial charge on any atom is -0.399 e. The molecule has 1 aliphatic carbocycles. The summed E-state index contributed by atoms with van der Waals surface area (Å²) in [5.74, 6) is 0.692. The number of sulfonamides is 1. The molecule has 0 spiro atoms. The fourth-order valence-corrected chi connectivity index (χ4v) is 2.97. The van der Waals surface area contributed by atoms with E-state index < -0.39 is 10.0 Å². The average molecular weight is 269 g/mol. The number of benzene rings is 1. The van der Waals surface area contributed by atoms with Gasteiger partial charge in [0.2, 0.25) is 10.0 Å². The van der Waals surface area contributed by atoms with Gasteiger partial charge in [0, 0.05) is 19.3 Å². The van der Waals surface area contributed by atoms with Crippen LogP contribution in [0.2, 0.25) is 0 Å². The monoisotopic (exact) mass is 269 g/mol. The van der Waals surface area contributed by atoms with Gasteiger partial charge in [0.05, 0.1) is 5.69 Å². The topological polar surface area (TPSA) is 75.4 Å². The first kappa shape index (κ1) is 13.2. The van der Waals surface area contributed by atoms with E-state index in [1.807, 2.05) is 11.9 Å². The smallest absolute Gasteiger partial charge is 0.242 e. The van der Waals surface area contributed by atoms with E-state index in [-0.39, 0.29) is 4.90 Å². The predicted octanol–water partition coefficient (Wildman–Crippen LogP) is 1.02. The molecule has 0 aromatic heterocycles. The predicted molar refractivity (Wildman–Crippen MR) is 73.1 cm³/mol. The zero-order chi connectivity index (χ0) is 13.3. The third-order valence-electron chi connectivity index (χ3n) is 3.18. The molecule has 1 aliphatic rings. The van der Waals surface area contributed by atoms with Crippen molar-refractivity contribution in [2.45, 2.75) is 17.7 Å². The third-order valence-corrected chi connectivity index (χ3v) is 4.63. The van der Waals surface area contributed by atoms with E-state index in [2.05, 4.69) is 4.72 Å². The second-order valence-corrected chi connectivity index (χ2v) is 6.61. The molecule has 1 aromatic carbocycles. The van der Waals surface area contributed by atoms with E-state index in [1.165, 1.54) is 26.0 Å². The fraction of sp³-hybridized carbons (Fsp3) is 0.500. The zero-order valence-electron chi connectivity index (χ0n) is 10.7. The molecule has 6 heteroatoms. The molecule has 0 saturated heterocycles. The van der Waals surface area contributed by atoms with Gasteiger partial charge in [-0.15, -0.1) is 0 Å². The van der Waals surface area contributed by atoms with Crippen LogP contribution in [-0.2, 0) is 10.0 Å². The van der Waals surface area contributed by atoms with Crippen molar-refractivity contribution in [3.05, 3.63) is 18.2 Å². The number of nitrogen functional groups attached to an aromatic ring is 1. The SMILES string of the molecule is CNS(=O)(=O)c1cc(N)ccc1N(C)CC1CC1. The Morgan fingerprint density at radius 3 is 2.67 bits per heavy atom. The highest BCUT2D eigenvalue weighted by Gasteiger charge is 2.26. The first-order valence-electron chi connectivity index (χ1n) is 5.98. The number of anilines is 2. The average Bonchev–Trinajstić information content (AvgIpc) is 3.12. The number of hydrogen-bond acceptors (Lipinski definition) is 4. The maximum Gasteiger partial charge on any atom is 0.242 e. The van der Waals surface area contributed by atoms with Crippen LogP contribution < -0.4 is 15.4 Å². The molecule has 0 heterocycles. The lowest BCUT2D eigenvalue weighted by atomic mass is 10.2. The molecule has 0 unspecified atom stereocenters. The van der Waals surface area contributed by atoms with E-state index in [9.17, 15) is 8.42 Å². The largest absolute Gasteiger partial charge is 0.399 e. The van der Waals surface area contributed by atoms with E-state index in [4.69, 9.17) is 5.73 Å². The molecule has 2 rings (SSSR count). The van der Waals surface area contributed by atoms with E-state index >= 15 is 0 Å². The van der Waals surface area contributed by atoms with Crippen LogP contribution in [0.15, 0.2) is 23.1 Å². The maximum absolute atomic E-state index is 12.0. The van der Waals surface area contributed by atoms with Crippen molar-refractivity contribution in [3.63, 3.8) is 0 Å². The molecule has 1 saturated carbocycles. The Morgan fingerprint density at radius 2 is 2.11 bits per heavy atom. The normalized spacial score (nSPS) is 15.7. The molecule has 0 atom stereocenters. The van der Waals surface area contributed by atoms with Gasteiger partial charge in [0.15, 0.2) is 0 Å². The van der Waals surface area contributed by atoms with Crippen molar-refractivity contribution >= 4 is 21.4 Å². The quantitative estimate of drug-likeness (QED) is 0.783. The first-order valence-corrected chi connectivity index (χ1v) is 7.46. The van der Waals surface area contributed by atoms with Gasteiger partial charge in [-0.1, -0.05) is 0 Å². The lowest BCUT2D eigenvalue weighted by Gasteiger charge is -2.22. The van der Waals surface area contributed by atoms with Crippen molar-refractivity contribution in [2.24, 2.45) is 5.92 Å². The number of hydrogen-bond donors (Lipinski definition) is 2. The van der Waals surface area contributed by atoms with Gasteiger partial charge in [-0.2, -0.15) is 0 Å². The minimum absolute atomic E-state index is 0.244. The third kappa shape index (κ3) is 2.76. The minimum atomic E-state index is -3.48. The van der Waals surface area contributed by atoms with Gasteiger partial charge in [0.1, 0.15) is 4.90 Å². The van der Waals surface area contributed by atoms with Crippen molar-refractivity contribution < 1.29 is 8.42 Å². The van der Waals surface area contributed by atoms with Gasteiger partial charge in [-0.25, -0.2) is 13.1 Å². The van der Waals surface area contributed by atoms with Crippen molar-refractivity contribution in [3.8, 4) is 0 Å². The maximum atomic E-state index is 12.0. The summed E-state index contributed by atoms with van der Waals surface area (Å²) >= 11 is 0. The summed E-state index contributed by atoms with van der Waals surface area (Å²) in [6, 6.07) is 5.00. The highest BCUT2D eigenvalue weighted by atomic mass is 32.2. The number of rotatable bonds is 5. The summed E-state index contributed by atoms with van der Waals surface area (Å²) in [7, 11) is -0.162. The van der Waals surface area contributed by atoms with Crippen LogP contribution in [0, 0.1) is 5.92 Å². The lowest BCUT2D eigenvalue weighted by molar-refractivity contribution is 0.588. The number of nitrogens with two attached hydrogens (primary N) is 1. The molecule has 0 amide bonds. The van der Waals surface area contributed by atoms with E-state index in [1.54, 1.807) is 12.1 Å². The van der Waals surface area contributed by atoms with Crippen LogP contribution in [-0.4, -0.2) is 29.1 Å². The Morgan fingerprint density at radius 1 is 1.44 bits per heavy atom. The van der Waals surface area contributed by atoms with Crippen LogP contribution in [0.1, 0.15) is 12.8 Å². The second kappa shape index (κ2) is 4.78. The van der Waals surface area contributed by atoms with E-state index in [0.717, 1.165) is 6.54 Å². The molecule has 5 nitrogen and oxygen atoms in total. The molecular formula is C12H19N3O2S. The Bertz CT molecular complexity index is 538. The fourth-order valence-electron chi connectivity index (χ4n) is 1.96. The summed E-state index contributed by atoms with van der Waals surface area (Å²) in [4.78, 5) is 2.23. The van der Waals surface area contributed by atoms with Crippen LogP contribution in [0.25, 0.3) is 0 Å². The first-order chi connectivity index (χ1) is 8.44. The van der Waals surface area contributed by atoms with Crippen LogP contribution in [0.3, 0.4) is 0 Å². The standard InChI is InChI=1S/C12H19N3O2S/c1-14-18(16,17)12-7-10(13)5-6-11(12)15(2)8-9-3-4-9/h5-7,9,14H,3-4,8,13H2,1-2H3. The van der Waals surface area contributed by atoms with Crippen molar-refractivity contribution in [1.29, 1.82) is 0 Å². The second-order valence-electron chi connectivity index (χ2n) is 4.76. The summed E-state index contributed by atoms with van der Waals surface area (Å²) in [6.45, 7) is 0.885. The van der Waals surface area contributed by atoms with Gasteiger partial charge >= 0.3 is 0 Å². The molecule has 3 N–H and O–H groups in total. The van der Waals surface area contributed by atoms with Gasteiger partial charge in [-0.3, -0.25) is 0 Å². The molecule has 0 radical (unpaired) electrons.